The van der Waals surface area contributed by atoms with Gasteiger partial charge in [-0.05, 0) is 65.9 Å². The number of rotatable bonds is 5. The van der Waals surface area contributed by atoms with Crippen LogP contribution in [-0.2, 0) is 11.2 Å². The molecule has 7 heteroatoms. The number of nitrogens with one attached hydrogen (secondary N) is 1. The first-order valence-electron chi connectivity index (χ1n) is 7.40. The van der Waals surface area contributed by atoms with E-state index in [1.165, 1.54) is 0 Å². The van der Waals surface area contributed by atoms with Crippen molar-refractivity contribution in [2.24, 2.45) is 0 Å². The molecule has 23 heavy (non-hydrogen) atoms. The second-order valence-corrected chi connectivity index (χ2v) is 6.19. The lowest BCUT2D eigenvalue weighted by molar-refractivity contribution is 0.104. The molecule has 5 nitrogen and oxygen atoms in total. The molecule has 3 rings (SSSR count). The first kappa shape index (κ1) is 18.0. The number of benzene rings is 1. The van der Waals surface area contributed by atoms with Crippen molar-refractivity contribution >= 4 is 40.0 Å². The van der Waals surface area contributed by atoms with E-state index in [9.17, 15) is 5.11 Å². The third-order valence-electron chi connectivity index (χ3n) is 3.67. The summed E-state index contributed by atoms with van der Waals surface area (Å²) >= 11 is 3.51. The Morgan fingerprint density at radius 3 is 2.78 bits per heavy atom. The average molecular weight is 401 g/mol. The number of phenolic OH excluding ortho intramolecular Hbond substituents is 1. The van der Waals surface area contributed by atoms with Gasteiger partial charge in [0.25, 0.3) is 0 Å². The number of ether oxygens (including phenoxy) is 1. The Morgan fingerprint density at radius 2 is 2.09 bits per heavy atom. The van der Waals surface area contributed by atoms with E-state index in [4.69, 9.17) is 4.74 Å². The minimum absolute atomic E-state index is 0. The molecule has 0 bridgehead atoms. The van der Waals surface area contributed by atoms with E-state index >= 15 is 0 Å². The van der Waals surface area contributed by atoms with E-state index in [-0.39, 0.29) is 18.2 Å². The van der Waals surface area contributed by atoms with E-state index in [1.54, 1.807) is 30.5 Å². The summed E-state index contributed by atoms with van der Waals surface area (Å²) in [5, 5.41) is 12.4. The minimum Gasteiger partial charge on any atom is -0.508 e. The molecule has 0 aliphatic carbocycles. The van der Waals surface area contributed by atoms with Gasteiger partial charge in [0.2, 0.25) is 5.95 Å². The monoisotopic (exact) mass is 399 g/mol. The van der Waals surface area contributed by atoms with Crippen LogP contribution in [0.3, 0.4) is 0 Å². The molecule has 1 unspecified atom stereocenters. The van der Waals surface area contributed by atoms with Gasteiger partial charge in [-0.2, -0.15) is 0 Å². The summed E-state index contributed by atoms with van der Waals surface area (Å²) < 4.78 is 6.57. The van der Waals surface area contributed by atoms with Crippen molar-refractivity contribution in [2.45, 2.75) is 31.8 Å². The minimum atomic E-state index is 0. The van der Waals surface area contributed by atoms with Gasteiger partial charge < -0.3 is 15.2 Å². The van der Waals surface area contributed by atoms with Crippen LogP contribution in [0, 0.1) is 0 Å². The summed E-state index contributed by atoms with van der Waals surface area (Å²) in [6.45, 7) is 0.878. The van der Waals surface area contributed by atoms with Gasteiger partial charge in [-0.3, -0.25) is 0 Å². The van der Waals surface area contributed by atoms with Crippen LogP contribution in [0.15, 0.2) is 34.9 Å². The zero-order valence-corrected chi connectivity index (χ0v) is 14.9. The molecule has 1 aromatic carbocycles. The summed E-state index contributed by atoms with van der Waals surface area (Å²) in [4.78, 5) is 8.84. The van der Waals surface area contributed by atoms with Gasteiger partial charge in [-0.15, -0.1) is 12.4 Å². The lowest BCUT2D eigenvalue weighted by atomic mass is 10.1. The fourth-order valence-electron chi connectivity index (χ4n) is 2.48. The average Bonchev–Trinajstić information content (AvgIpc) is 3.03. The van der Waals surface area contributed by atoms with E-state index in [1.807, 2.05) is 0 Å². The molecule has 0 radical (unpaired) electrons. The summed E-state index contributed by atoms with van der Waals surface area (Å²) in [5.74, 6) is 0.788. The number of hydrogen-bond donors (Lipinski definition) is 2. The Balaban J connectivity index is 0.00000192. The van der Waals surface area contributed by atoms with Crippen molar-refractivity contribution in [1.29, 1.82) is 0 Å². The van der Waals surface area contributed by atoms with Gasteiger partial charge in [0.15, 0.2) is 0 Å². The van der Waals surface area contributed by atoms with Gasteiger partial charge in [-0.1, -0.05) is 0 Å². The van der Waals surface area contributed by atoms with Gasteiger partial charge >= 0.3 is 0 Å². The van der Waals surface area contributed by atoms with Crippen molar-refractivity contribution in [3.8, 4) is 5.75 Å². The molecular formula is C16H19BrClN3O2. The van der Waals surface area contributed by atoms with Gasteiger partial charge in [-0.25, -0.2) is 9.97 Å². The molecule has 1 saturated heterocycles. The highest BCUT2D eigenvalue weighted by atomic mass is 79.9. The third-order valence-corrected chi connectivity index (χ3v) is 4.33. The van der Waals surface area contributed by atoms with Crippen LogP contribution in [-0.4, -0.2) is 27.8 Å². The molecule has 2 heterocycles. The number of nitrogens with zero attached hydrogens (tertiary/aromatic N) is 2. The predicted octanol–water partition coefficient (Wildman–Crippen LogP) is 4.22. The first-order chi connectivity index (χ1) is 10.7. The Kier molecular flexibility index (Phi) is 6.62. The van der Waals surface area contributed by atoms with E-state index < -0.39 is 0 Å². The number of phenols is 1. The number of hydrogen-bond acceptors (Lipinski definition) is 5. The fourth-order valence-corrected chi connectivity index (χ4v) is 2.87. The number of anilines is 2. The molecule has 124 valence electrons. The van der Waals surface area contributed by atoms with Crippen LogP contribution in [0.25, 0.3) is 0 Å². The Labute approximate surface area is 150 Å². The highest BCUT2D eigenvalue weighted by Gasteiger charge is 2.16. The van der Waals surface area contributed by atoms with Crippen molar-refractivity contribution in [1.82, 2.24) is 9.97 Å². The van der Waals surface area contributed by atoms with Gasteiger partial charge in [0, 0.05) is 18.5 Å². The summed E-state index contributed by atoms with van der Waals surface area (Å²) in [6, 6.07) is 6.82. The van der Waals surface area contributed by atoms with Crippen molar-refractivity contribution in [3.63, 3.8) is 0 Å². The standard InChI is InChI=1S/C16H18BrN3O2.ClH/c17-14-10-18-16(19-11-3-5-12(21)6-4-11)20-15(14)8-7-13-2-1-9-22-13;/h3-6,10,13,21H,1-2,7-9H2,(H,18,19,20);1H. The molecule has 0 amide bonds. The lowest BCUT2D eigenvalue weighted by Crippen LogP contribution is -2.08. The summed E-state index contributed by atoms with van der Waals surface area (Å²) in [5.41, 5.74) is 1.82. The summed E-state index contributed by atoms with van der Waals surface area (Å²) in [6.07, 6.45) is 6.26. The maximum Gasteiger partial charge on any atom is 0.227 e. The highest BCUT2D eigenvalue weighted by molar-refractivity contribution is 9.10. The molecule has 1 aliphatic heterocycles. The second-order valence-electron chi connectivity index (χ2n) is 5.33. The van der Waals surface area contributed by atoms with E-state index in [2.05, 4.69) is 31.2 Å². The number of aromatic hydroxyl groups is 1. The molecule has 1 fully saturated rings. The fraction of sp³-hybridized carbons (Fsp3) is 0.375. The molecule has 2 aromatic rings. The molecular weight excluding hydrogens is 382 g/mol. The molecule has 1 aromatic heterocycles. The molecule has 2 N–H and O–H groups in total. The Bertz CT molecular complexity index is 634. The number of aromatic nitrogens is 2. The van der Waals surface area contributed by atoms with Crippen LogP contribution in [0.2, 0.25) is 0 Å². The predicted molar refractivity (Wildman–Crippen MR) is 95.7 cm³/mol. The zero-order valence-electron chi connectivity index (χ0n) is 12.5. The number of halogens is 2. The van der Waals surface area contributed by atoms with Crippen LogP contribution in [0.1, 0.15) is 25.0 Å². The number of aryl methyl sites for hydroxylation is 1. The van der Waals surface area contributed by atoms with Crippen LogP contribution in [0.4, 0.5) is 11.6 Å². The maximum absolute atomic E-state index is 9.30. The molecule has 0 saturated carbocycles. The Hall–Kier alpha value is -1.37. The smallest absolute Gasteiger partial charge is 0.227 e. The maximum atomic E-state index is 9.30. The lowest BCUT2D eigenvalue weighted by Gasteiger charge is -2.11. The SMILES string of the molecule is Cl.Oc1ccc(Nc2ncc(Br)c(CCC3CCCO3)n2)cc1. The molecule has 0 spiro atoms. The topological polar surface area (TPSA) is 67.3 Å². The van der Waals surface area contributed by atoms with Gasteiger partial charge in [0.1, 0.15) is 5.75 Å². The van der Waals surface area contributed by atoms with Crippen LogP contribution < -0.4 is 5.32 Å². The normalized spacial score (nSPS) is 16.8. The van der Waals surface area contributed by atoms with Crippen LogP contribution >= 0.6 is 28.3 Å². The third kappa shape index (κ3) is 5.06. The van der Waals surface area contributed by atoms with Crippen LogP contribution in [0.5, 0.6) is 5.75 Å². The second kappa shape index (κ2) is 8.47. The van der Waals surface area contributed by atoms with Crippen molar-refractivity contribution in [3.05, 3.63) is 40.6 Å². The molecule has 1 aliphatic rings. The van der Waals surface area contributed by atoms with Crippen molar-refractivity contribution < 1.29 is 9.84 Å². The Morgan fingerprint density at radius 1 is 1.30 bits per heavy atom. The molecule has 1 atom stereocenters. The zero-order chi connectivity index (χ0) is 15.4. The van der Waals surface area contributed by atoms with E-state index in [0.29, 0.717) is 12.1 Å². The summed E-state index contributed by atoms with van der Waals surface area (Å²) in [7, 11) is 0. The largest absolute Gasteiger partial charge is 0.508 e. The first-order valence-corrected chi connectivity index (χ1v) is 8.19. The highest BCUT2D eigenvalue weighted by Crippen LogP contribution is 2.23. The van der Waals surface area contributed by atoms with E-state index in [0.717, 1.165) is 48.1 Å². The van der Waals surface area contributed by atoms with Crippen molar-refractivity contribution in [2.75, 3.05) is 11.9 Å². The van der Waals surface area contributed by atoms with Gasteiger partial charge in [0.05, 0.1) is 16.3 Å². The quantitative estimate of drug-likeness (QED) is 0.736.